The minimum atomic E-state index is 0.740. The van der Waals surface area contributed by atoms with Gasteiger partial charge in [0.2, 0.25) is 0 Å². The predicted octanol–water partition coefficient (Wildman–Crippen LogP) is 3.24. The van der Waals surface area contributed by atoms with E-state index in [1.165, 1.54) is 31.5 Å². The number of hydrogen-bond acceptors (Lipinski definition) is 3. The molecule has 1 saturated heterocycles. The van der Waals surface area contributed by atoms with Gasteiger partial charge in [0, 0.05) is 25.5 Å². The fourth-order valence-electron chi connectivity index (χ4n) is 3.51. The van der Waals surface area contributed by atoms with E-state index < -0.39 is 0 Å². The van der Waals surface area contributed by atoms with E-state index in [9.17, 15) is 0 Å². The van der Waals surface area contributed by atoms with Crippen molar-refractivity contribution in [3.8, 4) is 11.4 Å². The maximum absolute atomic E-state index is 4.67. The Kier molecular flexibility index (Phi) is 4.88. The third-order valence-electron chi connectivity index (χ3n) is 4.52. The van der Waals surface area contributed by atoms with E-state index in [1.54, 1.807) is 0 Å². The maximum atomic E-state index is 4.67. The number of rotatable bonds is 5. The Morgan fingerprint density at radius 2 is 2.18 bits per heavy atom. The molecule has 118 valence electrons. The third-order valence-corrected chi connectivity index (χ3v) is 4.52. The molecule has 3 heterocycles. The van der Waals surface area contributed by atoms with Crippen molar-refractivity contribution < 1.29 is 0 Å². The van der Waals surface area contributed by atoms with Gasteiger partial charge in [0.25, 0.3) is 0 Å². The van der Waals surface area contributed by atoms with Crippen LogP contribution >= 0.6 is 0 Å². The first-order valence-electron chi connectivity index (χ1n) is 8.42. The SMILES string of the molecule is CCCn1nccc1-c1ncccc1C[C@@H]1CCCN(C)C1. The number of likely N-dealkylation sites (tertiary alicyclic amines) is 1. The average molecular weight is 298 g/mol. The Bertz CT molecular complexity index is 605. The van der Waals surface area contributed by atoms with Gasteiger partial charge in [-0.1, -0.05) is 13.0 Å². The van der Waals surface area contributed by atoms with Crippen LogP contribution in [0.15, 0.2) is 30.6 Å². The van der Waals surface area contributed by atoms with Gasteiger partial charge in [0.15, 0.2) is 0 Å². The standard InChI is InChI=1S/C18H26N4/c1-3-11-22-17(8-10-20-22)18-16(7-4-9-19-18)13-15-6-5-12-21(2)14-15/h4,7-10,15H,3,5-6,11-14H2,1-2H3/t15-/m0/s1. The van der Waals surface area contributed by atoms with Crippen LogP contribution in [0.25, 0.3) is 11.4 Å². The Labute approximate surface area is 133 Å². The number of pyridine rings is 1. The Balaban J connectivity index is 1.85. The van der Waals surface area contributed by atoms with Crippen LogP contribution in [0.3, 0.4) is 0 Å². The van der Waals surface area contributed by atoms with Crippen LogP contribution < -0.4 is 0 Å². The van der Waals surface area contributed by atoms with Gasteiger partial charge in [-0.25, -0.2) is 0 Å². The lowest BCUT2D eigenvalue weighted by molar-refractivity contribution is 0.209. The molecular formula is C18H26N4. The van der Waals surface area contributed by atoms with Crippen LogP contribution in [0.5, 0.6) is 0 Å². The normalized spacial score (nSPS) is 19.5. The minimum absolute atomic E-state index is 0.740. The zero-order chi connectivity index (χ0) is 15.4. The molecule has 1 aliphatic rings. The van der Waals surface area contributed by atoms with E-state index in [2.05, 4.69) is 51.8 Å². The fourth-order valence-corrected chi connectivity index (χ4v) is 3.51. The van der Waals surface area contributed by atoms with Gasteiger partial charge >= 0.3 is 0 Å². The Morgan fingerprint density at radius 1 is 1.27 bits per heavy atom. The average Bonchev–Trinajstić information content (AvgIpc) is 2.96. The second-order valence-corrected chi connectivity index (χ2v) is 6.43. The molecule has 4 heteroatoms. The van der Waals surface area contributed by atoms with Crippen molar-refractivity contribution in [2.75, 3.05) is 20.1 Å². The summed E-state index contributed by atoms with van der Waals surface area (Å²) in [5.74, 6) is 0.740. The summed E-state index contributed by atoms with van der Waals surface area (Å²) in [6, 6.07) is 6.39. The number of nitrogens with zero attached hydrogens (tertiary/aromatic N) is 4. The van der Waals surface area contributed by atoms with E-state index >= 15 is 0 Å². The quantitative estimate of drug-likeness (QED) is 0.850. The number of piperidine rings is 1. The van der Waals surface area contributed by atoms with E-state index in [1.807, 2.05) is 12.4 Å². The van der Waals surface area contributed by atoms with Crippen LogP contribution in [0.4, 0.5) is 0 Å². The molecule has 4 nitrogen and oxygen atoms in total. The lowest BCUT2D eigenvalue weighted by atomic mass is 9.90. The first-order chi connectivity index (χ1) is 10.8. The molecule has 0 amide bonds. The molecule has 1 aliphatic heterocycles. The maximum Gasteiger partial charge on any atom is 0.0914 e. The zero-order valence-corrected chi connectivity index (χ0v) is 13.7. The minimum Gasteiger partial charge on any atom is -0.306 e. The second-order valence-electron chi connectivity index (χ2n) is 6.43. The fraction of sp³-hybridized carbons (Fsp3) is 0.556. The number of aryl methyl sites for hydroxylation is 1. The molecule has 0 radical (unpaired) electrons. The second kappa shape index (κ2) is 7.05. The van der Waals surface area contributed by atoms with Crippen LogP contribution in [0, 0.1) is 5.92 Å². The predicted molar refractivity (Wildman–Crippen MR) is 89.7 cm³/mol. The summed E-state index contributed by atoms with van der Waals surface area (Å²) < 4.78 is 2.08. The smallest absolute Gasteiger partial charge is 0.0914 e. The van der Waals surface area contributed by atoms with Crippen molar-refractivity contribution in [1.29, 1.82) is 0 Å². The zero-order valence-electron chi connectivity index (χ0n) is 13.7. The van der Waals surface area contributed by atoms with Crippen molar-refractivity contribution in [3.05, 3.63) is 36.2 Å². The molecule has 0 saturated carbocycles. The first-order valence-corrected chi connectivity index (χ1v) is 8.42. The molecule has 3 rings (SSSR count). The molecule has 0 N–H and O–H groups in total. The largest absolute Gasteiger partial charge is 0.306 e. The highest BCUT2D eigenvalue weighted by Crippen LogP contribution is 2.26. The van der Waals surface area contributed by atoms with Gasteiger partial charge in [-0.3, -0.25) is 9.67 Å². The lowest BCUT2D eigenvalue weighted by Crippen LogP contribution is -2.33. The summed E-state index contributed by atoms with van der Waals surface area (Å²) in [6.45, 7) is 5.56. The molecule has 0 bridgehead atoms. The van der Waals surface area contributed by atoms with Gasteiger partial charge in [0.05, 0.1) is 11.4 Å². The van der Waals surface area contributed by atoms with Crippen LogP contribution in [-0.4, -0.2) is 39.8 Å². The summed E-state index contributed by atoms with van der Waals surface area (Å²) in [5.41, 5.74) is 3.63. The van der Waals surface area contributed by atoms with Crippen molar-refractivity contribution in [3.63, 3.8) is 0 Å². The molecule has 0 aromatic carbocycles. The van der Waals surface area contributed by atoms with E-state index in [-0.39, 0.29) is 0 Å². The summed E-state index contributed by atoms with van der Waals surface area (Å²) in [4.78, 5) is 7.12. The molecular weight excluding hydrogens is 272 g/mol. The van der Waals surface area contributed by atoms with E-state index in [4.69, 9.17) is 0 Å². The van der Waals surface area contributed by atoms with Crippen molar-refractivity contribution >= 4 is 0 Å². The summed E-state index contributed by atoms with van der Waals surface area (Å²) in [5, 5.41) is 4.45. The van der Waals surface area contributed by atoms with Gasteiger partial charge < -0.3 is 4.90 Å². The van der Waals surface area contributed by atoms with Gasteiger partial charge in [-0.15, -0.1) is 0 Å². The highest BCUT2D eigenvalue weighted by molar-refractivity contribution is 5.58. The molecule has 2 aromatic heterocycles. The van der Waals surface area contributed by atoms with Gasteiger partial charge in [-0.2, -0.15) is 5.10 Å². The van der Waals surface area contributed by atoms with Gasteiger partial charge in [-0.05, 0) is 62.9 Å². The molecule has 2 aromatic rings. The molecule has 1 fully saturated rings. The number of hydrogen-bond donors (Lipinski definition) is 0. The summed E-state index contributed by atoms with van der Waals surface area (Å²) in [6.07, 6.45) is 8.62. The van der Waals surface area contributed by atoms with Gasteiger partial charge in [0.1, 0.15) is 0 Å². The highest BCUT2D eigenvalue weighted by atomic mass is 15.3. The monoisotopic (exact) mass is 298 g/mol. The van der Waals surface area contributed by atoms with Crippen molar-refractivity contribution in [2.24, 2.45) is 5.92 Å². The summed E-state index contributed by atoms with van der Waals surface area (Å²) in [7, 11) is 2.23. The van der Waals surface area contributed by atoms with E-state index in [0.717, 1.165) is 36.7 Å². The Morgan fingerprint density at radius 3 is 3.00 bits per heavy atom. The molecule has 0 unspecified atom stereocenters. The Hall–Kier alpha value is -1.68. The first kappa shape index (κ1) is 15.2. The highest BCUT2D eigenvalue weighted by Gasteiger charge is 2.20. The molecule has 22 heavy (non-hydrogen) atoms. The van der Waals surface area contributed by atoms with E-state index in [0.29, 0.717) is 0 Å². The molecule has 0 spiro atoms. The molecule has 1 atom stereocenters. The van der Waals surface area contributed by atoms with Crippen molar-refractivity contribution in [1.82, 2.24) is 19.7 Å². The van der Waals surface area contributed by atoms with Crippen LogP contribution in [-0.2, 0) is 13.0 Å². The molecule has 0 aliphatic carbocycles. The summed E-state index contributed by atoms with van der Waals surface area (Å²) >= 11 is 0. The number of aromatic nitrogens is 3. The lowest BCUT2D eigenvalue weighted by Gasteiger charge is -2.30. The van der Waals surface area contributed by atoms with Crippen LogP contribution in [0.1, 0.15) is 31.7 Å². The topological polar surface area (TPSA) is 34.0 Å². The van der Waals surface area contributed by atoms with Crippen molar-refractivity contribution in [2.45, 2.75) is 39.2 Å². The third kappa shape index (κ3) is 3.38. The van der Waals surface area contributed by atoms with Crippen LogP contribution in [0.2, 0.25) is 0 Å².